The van der Waals surface area contributed by atoms with Crippen LogP contribution in [0.15, 0.2) is 18.5 Å². The summed E-state index contributed by atoms with van der Waals surface area (Å²) in [5, 5.41) is 0.504. The first-order chi connectivity index (χ1) is 5.24. The van der Waals surface area contributed by atoms with Crippen LogP contribution in [-0.4, -0.2) is 10.8 Å². The SMILES string of the molecule is CCC(=O)c1cncc(Cl)c1. The van der Waals surface area contributed by atoms with E-state index in [1.807, 2.05) is 6.92 Å². The fourth-order valence-corrected chi connectivity index (χ4v) is 0.942. The van der Waals surface area contributed by atoms with E-state index < -0.39 is 0 Å². The first kappa shape index (κ1) is 8.21. The number of carbonyl (C=O) groups is 1. The summed E-state index contributed by atoms with van der Waals surface area (Å²) in [5.41, 5.74) is 0.583. The van der Waals surface area contributed by atoms with Crippen molar-refractivity contribution in [3.63, 3.8) is 0 Å². The van der Waals surface area contributed by atoms with Gasteiger partial charge in [0.25, 0.3) is 0 Å². The van der Waals surface area contributed by atoms with Crippen LogP contribution in [-0.2, 0) is 0 Å². The molecule has 0 bridgehead atoms. The highest BCUT2D eigenvalue weighted by molar-refractivity contribution is 6.30. The average Bonchev–Trinajstić information content (AvgIpc) is 2.03. The molecule has 1 rings (SSSR count). The van der Waals surface area contributed by atoms with Gasteiger partial charge in [-0.25, -0.2) is 0 Å². The molecule has 2 nitrogen and oxygen atoms in total. The van der Waals surface area contributed by atoms with Crippen molar-refractivity contribution in [1.29, 1.82) is 0 Å². The lowest BCUT2D eigenvalue weighted by Crippen LogP contribution is -1.96. The van der Waals surface area contributed by atoms with Gasteiger partial charge in [-0.1, -0.05) is 18.5 Å². The largest absolute Gasteiger partial charge is 0.294 e. The molecule has 0 aliphatic heterocycles. The molecule has 58 valence electrons. The maximum atomic E-state index is 11.1. The van der Waals surface area contributed by atoms with Gasteiger partial charge in [-0.05, 0) is 6.07 Å². The maximum absolute atomic E-state index is 11.1. The Hall–Kier alpha value is -0.890. The molecule has 0 N–H and O–H groups in total. The first-order valence-electron chi connectivity index (χ1n) is 3.37. The monoisotopic (exact) mass is 169 g/mol. The third-order valence-corrected chi connectivity index (χ3v) is 1.55. The Balaban J connectivity index is 2.96. The van der Waals surface area contributed by atoms with Crippen LogP contribution in [0.4, 0.5) is 0 Å². The van der Waals surface area contributed by atoms with Crippen molar-refractivity contribution >= 4 is 17.4 Å². The molecule has 11 heavy (non-hydrogen) atoms. The summed E-state index contributed by atoms with van der Waals surface area (Å²) in [5.74, 6) is 0.0694. The van der Waals surface area contributed by atoms with Crippen molar-refractivity contribution < 1.29 is 4.79 Å². The molecule has 0 amide bonds. The van der Waals surface area contributed by atoms with Gasteiger partial charge >= 0.3 is 0 Å². The number of pyridine rings is 1. The molecule has 0 atom stereocenters. The minimum atomic E-state index is 0.0694. The molecule has 0 spiro atoms. The van der Waals surface area contributed by atoms with E-state index in [9.17, 15) is 4.79 Å². The topological polar surface area (TPSA) is 30.0 Å². The number of carbonyl (C=O) groups excluding carboxylic acids is 1. The highest BCUT2D eigenvalue weighted by atomic mass is 35.5. The van der Waals surface area contributed by atoms with Crippen molar-refractivity contribution in [2.75, 3.05) is 0 Å². The van der Waals surface area contributed by atoms with Crippen LogP contribution in [0.5, 0.6) is 0 Å². The van der Waals surface area contributed by atoms with Crippen molar-refractivity contribution in [3.8, 4) is 0 Å². The van der Waals surface area contributed by atoms with Gasteiger partial charge in [0.2, 0.25) is 0 Å². The highest BCUT2D eigenvalue weighted by Crippen LogP contribution is 2.09. The molecule has 3 heteroatoms. The van der Waals surface area contributed by atoms with Crippen LogP contribution in [0.3, 0.4) is 0 Å². The van der Waals surface area contributed by atoms with Gasteiger partial charge in [-0.15, -0.1) is 0 Å². The summed E-state index contributed by atoms with van der Waals surface area (Å²) >= 11 is 5.63. The Bertz CT molecular complexity index is 273. The van der Waals surface area contributed by atoms with E-state index in [4.69, 9.17) is 11.6 Å². The minimum absolute atomic E-state index is 0.0694. The van der Waals surface area contributed by atoms with Gasteiger partial charge in [0.15, 0.2) is 5.78 Å². The predicted octanol–water partition coefficient (Wildman–Crippen LogP) is 2.33. The average molecular weight is 170 g/mol. The van der Waals surface area contributed by atoms with E-state index in [0.717, 1.165) is 0 Å². The normalized spacial score (nSPS) is 9.64. The molecular weight excluding hydrogens is 162 g/mol. The van der Waals surface area contributed by atoms with Crippen molar-refractivity contribution in [1.82, 2.24) is 4.98 Å². The molecular formula is C8H8ClNO. The Morgan fingerprint density at radius 3 is 2.91 bits per heavy atom. The Labute approximate surface area is 70.2 Å². The number of rotatable bonds is 2. The third-order valence-electron chi connectivity index (χ3n) is 1.35. The quantitative estimate of drug-likeness (QED) is 0.636. The summed E-state index contributed by atoms with van der Waals surface area (Å²) in [6, 6.07) is 1.63. The predicted molar refractivity (Wildman–Crippen MR) is 43.9 cm³/mol. The lowest BCUT2D eigenvalue weighted by atomic mass is 10.1. The van der Waals surface area contributed by atoms with Gasteiger partial charge in [0.05, 0.1) is 5.02 Å². The molecule has 0 aromatic carbocycles. The number of ketones is 1. The van der Waals surface area contributed by atoms with Crippen molar-refractivity contribution in [2.45, 2.75) is 13.3 Å². The fourth-order valence-electron chi connectivity index (χ4n) is 0.768. The molecule has 0 saturated carbocycles. The standard InChI is InChI=1S/C8H8ClNO/c1-2-8(11)6-3-7(9)5-10-4-6/h3-5H,2H2,1H3. The van der Waals surface area contributed by atoms with E-state index in [2.05, 4.69) is 4.98 Å². The van der Waals surface area contributed by atoms with Crippen LogP contribution < -0.4 is 0 Å². The Morgan fingerprint density at radius 2 is 2.36 bits per heavy atom. The number of hydrogen-bond donors (Lipinski definition) is 0. The number of nitrogens with zero attached hydrogens (tertiary/aromatic N) is 1. The van der Waals surface area contributed by atoms with Crippen LogP contribution in [0.25, 0.3) is 0 Å². The second-order valence-electron chi connectivity index (χ2n) is 2.17. The van der Waals surface area contributed by atoms with Gasteiger partial charge in [-0.2, -0.15) is 0 Å². The first-order valence-corrected chi connectivity index (χ1v) is 3.75. The maximum Gasteiger partial charge on any atom is 0.164 e. The lowest BCUT2D eigenvalue weighted by Gasteiger charge is -1.95. The fraction of sp³-hybridized carbons (Fsp3) is 0.250. The molecule has 1 aromatic heterocycles. The summed E-state index contributed by atoms with van der Waals surface area (Å²) in [6.07, 6.45) is 3.52. The number of halogens is 1. The van der Waals surface area contributed by atoms with Crippen LogP contribution >= 0.6 is 11.6 Å². The molecule has 0 saturated heterocycles. The second kappa shape index (κ2) is 3.49. The van der Waals surface area contributed by atoms with E-state index in [1.165, 1.54) is 12.4 Å². The minimum Gasteiger partial charge on any atom is -0.294 e. The molecule has 0 unspecified atom stereocenters. The zero-order chi connectivity index (χ0) is 8.27. The van der Waals surface area contributed by atoms with E-state index in [0.29, 0.717) is 17.0 Å². The van der Waals surface area contributed by atoms with Gasteiger partial charge in [0, 0.05) is 24.4 Å². The van der Waals surface area contributed by atoms with Crippen molar-refractivity contribution in [2.24, 2.45) is 0 Å². The molecule has 1 aromatic rings. The van der Waals surface area contributed by atoms with Gasteiger partial charge in [-0.3, -0.25) is 9.78 Å². The second-order valence-corrected chi connectivity index (χ2v) is 2.60. The lowest BCUT2D eigenvalue weighted by molar-refractivity contribution is 0.0988. The molecule has 0 aliphatic rings. The van der Waals surface area contributed by atoms with E-state index in [-0.39, 0.29) is 5.78 Å². The van der Waals surface area contributed by atoms with E-state index >= 15 is 0 Å². The number of aromatic nitrogens is 1. The van der Waals surface area contributed by atoms with Crippen LogP contribution in [0.2, 0.25) is 5.02 Å². The van der Waals surface area contributed by atoms with Gasteiger partial charge in [0.1, 0.15) is 0 Å². The summed E-state index contributed by atoms with van der Waals surface area (Å²) in [6.45, 7) is 1.81. The summed E-state index contributed by atoms with van der Waals surface area (Å²) in [4.78, 5) is 14.9. The van der Waals surface area contributed by atoms with Gasteiger partial charge < -0.3 is 0 Å². The molecule has 1 heterocycles. The highest BCUT2D eigenvalue weighted by Gasteiger charge is 2.02. The Morgan fingerprint density at radius 1 is 1.64 bits per heavy atom. The smallest absolute Gasteiger partial charge is 0.164 e. The molecule has 0 fully saturated rings. The molecule has 0 aliphatic carbocycles. The van der Waals surface area contributed by atoms with E-state index in [1.54, 1.807) is 6.07 Å². The summed E-state index contributed by atoms with van der Waals surface area (Å²) < 4.78 is 0. The zero-order valence-corrected chi connectivity index (χ0v) is 6.93. The number of hydrogen-bond acceptors (Lipinski definition) is 2. The van der Waals surface area contributed by atoms with Crippen LogP contribution in [0, 0.1) is 0 Å². The number of Topliss-reactive ketones (excluding diaryl/α,β-unsaturated/α-hetero) is 1. The molecule has 0 radical (unpaired) electrons. The van der Waals surface area contributed by atoms with Crippen molar-refractivity contribution in [3.05, 3.63) is 29.0 Å². The van der Waals surface area contributed by atoms with Crippen LogP contribution in [0.1, 0.15) is 23.7 Å². The zero-order valence-electron chi connectivity index (χ0n) is 6.17. The summed E-state index contributed by atoms with van der Waals surface area (Å²) in [7, 11) is 0. The third kappa shape index (κ3) is 2.02. The Kier molecular flexibility index (Phi) is 2.60.